The van der Waals surface area contributed by atoms with Crippen LogP contribution in [0.15, 0.2) is 0 Å². The maximum atomic E-state index is 8.96. The van der Waals surface area contributed by atoms with E-state index in [4.69, 9.17) is 9.46 Å². The van der Waals surface area contributed by atoms with Crippen molar-refractivity contribution in [1.29, 1.82) is 0 Å². The summed E-state index contributed by atoms with van der Waals surface area (Å²) < 4.78 is 8.96. The van der Waals surface area contributed by atoms with Gasteiger partial charge in [-0.05, 0) is 0 Å². The van der Waals surface area contributed by atoms with Crippen LogP contribution >= 0.6 is 7.23 Å². The second-order valence-electron chi connectivity index (χ2n) is 0.238. The van der Waals surface area contributed by atoms with Crippen LogP contribution in [-0.2, 0) is 16.8 Å². The van der Waals surface area contributed by atoms with Crippen LogP contribution in [0.3, 0.4) is 0 Å². The molecule has 0 aromatic carbocycles. The molecule has 5 radical (unpaired) electrons. The molecule has 0 heterocycles. The molecular weight excluding hydrogens is 175 g/mol. The van der Waals surface area contributed by atoms with Gasteiger partial charge in [0.25, 0.3) is 0 Å². The first-order chi connectivity index (χ1) is 1.73. The van der Waals surface area contributed by atoms with Crippen molar-refractivity contribution in [1.82, 2.24) is 0 Å². The zero-order valence-corrected chi connectivity index (χ0v) is 7.02. The van der Waals surface area contributed by atoms with Gasteiger partial charge in [-0.2, -0.15) is 4.89 Å². The van der Waals surface area contributed by atoms with Gasteiger partial charge in [-0.15, -0.1) is 0 Å². The van der Waals surface area contributed by atoms with E-state index in [1.807, 2.05) is 0 Å². The number of hydrogen-bond donors (Lipinski definition) is 1. The smallest absolute Gasteiger partial charge is 0.369 e. The Balaban J connectivity index is -0.0000000450. The van der Waals surface area contributed by atoms with Crippen LogP contribution in [0.5, 0.6) is 0 Å². The molecule has 1 N–H and O–H groups in total. The molecule has 6 heteroatoms. The van der Waals surface area contributed by atoms with Gasteiger partial charge in [0.1, 0.15) is 0 Å². The van der Waals surface area contributed by atoms with Crippen molar-refractivity contribution in [3.63, 3.8) is 0 Å². The molecule has 1 atom stereocenters. The zero-order valence-electron chi connectivity index (χ0n) is 3.21. The molecule has 1 unspecified atom stereocenters. The van der Waals surface area contributed by atoms with Gasteiger partial charge in [0, 0.05) is 36.5 Å². The van der Waals surface area contributed by atoms with E-state index in [0.29, 0.717) is 0 Å². The molecule has 0 aliphatic heterocycles. The van der Waals surface area contributed by atoms with E-state index < -0.39 is 7.23 Å². The maximum absolute atomic E-state index is 8.96. The number of hydrogen-bond acceptors (Lipinski definition) is 2. The molecule has 0 aromatic heterocycles. The molecule has 0 spiro atoms. The number of rotatable bonds is 0. The van der Waals surface area contributed by atoms with Crippen molar-refractivity contribution in [2.45, 2.75) is 0 Å². The summed E-state index contributed by atoms with van der Waals surface area (Å²) in [6.45, 7) is 0. The van der Waals surface area contributed by atoms with Crippen molar-refractivity contribution >= 4 is 55.9 Å². The molecule has 0 aliphatic carbocycles. The van der Waals surface area contributed by atoms with E-state index in [1.165, 1.54) is 0 Å². The van der Waals surface area contributed by atoms with Crippen molar-refractivity contribution in [2.24, 2.45) is 0 Å². The summed E-state index contributed by atoms with van der Waals surface area (Å²) in [6, 6.07) is 0. The Morgan fingerprint density at radius 1 is 1.67 bits per heavy atom. The zero-order chi connectivity index (χ0) is 3.58. The SMILES string of the molecule is O=[P+](O)[S-].[Ge].[Li]. The Kier molecular flexibility index (Phi) is 25.4. The van der Waals surface area contributed by atoms with E-state index in [-0.39, 0.29) is 36.5 Å². The monoisotopic (exact) mass is 177 g/mol. The maximum Gasteiger partial charge on any atom is 0.369 e. The molecule has 2 nitrogen and oxygen atoms in total. The summed E-state index contributed by atoms with van der Waals surface area (Å²) in [5.74, 6) is 0. The summed E-state index contributed by atoms with van der Waals surface area (Å²) in [5.41, 5.74) is 0. The standard InChI is InChI=1S/Ge.Li.HO2PS/c;;1-3(2)4/h;;(H,1,2,4). The second-order valence-corrected chi connectivity index (χ2v) is 1.65. The van der Waals surface area contributed by atoms with E-state index in [0.717, 1.165) is 0 Å². The van der Waals surface area contributed by atoms with Crippen molar-refractivity contribution < 1.29 is 9.46 Å². The molecule has 0 bridgehead atoms. The Hall–Kier alpha value is 1.55. The minimum absolute atomic E-state index is 0. The molecule has 0 aliphatic rings. The Bertz CT molecular complexity index is 36.5. The molecule has 0 amide bonds. The summed E-state index contributed by atoms with van der Waals surface area (Å²) in [7, 11) is -2.29. The molecule has 29 valence electrons. The molecule has 0 aromatic rings. The Morgan fingerprint density at radius 3 is 1.67 bits per heavy atom. The quantitative estimate of drug-likeness (QED) is 0.304. The first kappa shape index (κ1) is 15.6. The van der Waals surface area contributed by atoms with Crippen LogP contribution < -0.4 is 0 Å². The fourth-order valence-corrected chi connectivity index (χ4v) is 0. The van der Waals surface area contributed by atoms with Crippen molar-refractivity contribution in [2.75, 3.05) is 0 Å². The van der Waals surface area contributed by atoms with Gasteiger partial charge < -0.3 is 12.2 Å². The van der Waals surface area contributed by atoms with Crippen molar-refractivity contribution in [3.05, 3.63) is 0 Å². The summed E-state index contributed by atoms with van der Waals surface area (Å²) >= 11 is 3.69. The van der Waals surface area contributed by atoms with Gasteiger partial charge in [0.15, 0.2) is 0 Å². The van der Waals surface area contributed by atoms with Crippen molar-refractivity contribution in [3.8, 4) is 0 Å². The second kappa shape index (κ2) is 9.75. The van der Waals surface area contributed by atoms with E-state index in [1.54, 1.807) is 0 Å². The normalized spacial score (nSPS) is 7.33. The third-order valence-corrected chi connectivity index (χ3v) is 0. The van der Waals surface area contributed by atoms with E-state index in [2.05, 4.69) is 12.2 Å². The van der Waals surface area contributed by atoms with Gasteiger partial charge in [-0.1, -0.05) is 4.57 Å². The average Bonchev–Trinajstić information content (AvgIpc) is 0.811. The fraction of sp³-hybridized carbons (Fsp3) is 0. The Morgan fingerprint density at radius 2 is 1.67 bits per heavy atom. The summed E-state index contributed by atoms with van der Waals surface area (Å²) in [4.78, 5) is 7.38. The fourth-order valence-electron chi connectivity index (χ4n) is 0. The van der Waals surface area contributed by atoms with Gasteiger partial charge in [-0.25, -0.2) is 0 Å². The van der Waals surface area contributed by atoms with Crippen LogP contribution in [0.25, 0.3) is 0 Å². The molecule has 0 saturated carbocycles. The third-order valence-electron chi connectivity index (χ3n) is 0. The van der Waals surface area contributed by atoms with Gasteiger partial charge >= 0.3 is 7.23 Å². The molecule has 0 saturated heterocycles. The Labute approximate surface area is 65.3 Å². The molecular formula is HGeLiO2PS. The predicted octanol–water partition coefficient (Wildman–Crippen LogP) is -0.579. The molecule has 0 fully saturated rings. The summed E-state index contributed by atoms with van der Waals surface area (Å²) in [6.07, 6.45) is 0. The topological polar surface area (TPSA) is 37.3 Å². The molecule has 0 rings (SSSR count). The molecule has 6 heavy (non-hydrogen) atoms. The van der Waals surface area contributed by atoms with Gasteiger partial charge in [-0.3, -0.25) is 0 Å². The van der Waals surface area contributed by atoms with Crippen LogP contribution in [0.4, 0.5) is 0 Å². The van der Waals surface area contributed by atoms with Crippen LogP contribution in [0, 0.1) is 0 Å². The largest absolute Gasteiger partial charge is 0.408 e. The van der Waals surface area contributed by atoms with Crippen LogP contribution in [-0.4, -0.2) is 41.4 Å². The van der Waals surface area contributed by atoms with Crippen LogP contribution in [0.1, 0.15) is 0 Å². The minimum atomic E-state index is -2.29. The first-order valence-electron chi connectivity index (χ1n) is 0.565. The first-order valence-corrected chi connectivity index (χ1v) is 2.79. The summed E-state index contributed by atoms with van der Waals surface area (Å²) in [5, 5.41) is 0. The minimum Gasteiger partial charge on any atom is -0.408 e. The van der Waals surface area contributed by atoms with Crippen LogP contribution in [0.2, 0.25) is 0 Å². The van der Waals surface area contributed by atoms with Gasteiger partial charge in [0.2, 0.25) is 0 Å². The van der Waals surface area contributed by atoms with Gasteiger partial charge in [0.05, 0.1) is 0 Å². The van der Waals surface area contributed by atoms with E-state index >= 15 is 0 Å². The average molecular weight is 176 g/mol. The van der Waals surface area contributed by atoms with E-state index in [9.17, 15) is 0 Å². The third kappa shape index (κ3) is 47.8. The predicted molar refractivity (Wildman–Crippen MR) is 28.7 cm³/mol.